The van der Waals surface area contributed by atoms with Crippen molar-refractivity contribution < 1.29 is 0 Å². The molecule has 0 heterocycles. The van der Waals surface area contributed by atoms with E-state index in [1.807, 2.05) is 0 Å². The Hall–Kier alpha value is -0.540. The zero-order valence-electron chi connectivity index (χ0n) is 12.3. The molecule has 1 aromatic rings. The summed E-state index contributed by atoms with van der Waals surface area (Å²) >= 11 is 3.67. The van der Waals surface area contributed by atoms with E-state index in [1.54, 1.807) is 0 Å². The highest BCUT2D eigenvalue weighted by Crippen LogP contribution is 2.27. The van der Waals surface area contributed by atoms with Crippen molar-refractivity contribution >= 4 is 21.6 Å². The number of rotatable bonds is 4. The van der Waals surface area contributed by atoms with Crippen molar-refractivity contribution in [2.45, 2.75) is 52.7 Å². The van der Waals surface area contributed by atoms with Crippen LogP contribution in [-0.4, -0.2) is 18.6 Å². The Morgan fingerprint density at radius 2 is 1.89 bits per heavy atom. The van der Waals surface area contributed by atoms with Crippen LogP contribution in [0, 0.1) is 0 Å². The maximum absolute atomic E-state index is 3.67. The van der Waals surface area contributed by atoms with Crippen molar-refractivity contribution in [3.05, 3.63) is 28.2 Å². The fraction of sp³-hybridized carbons (Fsp3) is 0.600. The molecular weight excluding hydrogens is 288 g/mol. The summed E-state index contributed by atoms with van der Waals surface area (Å²) in [6, 6.07) is 7.08. The van der Waals surface area contributed by atoms with E-state index >= 15 is 0 Å². The van der Waals surface area contributed by atoms with Crippen LogP contribution in [0.3, 0.4) is 0 Å². The van der Waals surface area contributed by atoms with Gasteiger partial charge >= 0.3 is 0 Å². The molecule has 0 amide bonds. The second-order valence-corrected chi connectivity index (χ2v) is 6.95. The monoisotopic (exact) mass is 312 g/mol. The Morgan fingerprint density at radius 1 is 1.28 bits per heavy atom. The first kappa shape index (κ1) is 15.5. The normalized spacial score (nSPS) is 12.0. The standard InChI is InChI=1S/C15H25BrN2/c1-11(2)18(6)14-8-7-12(9-13(14)16)10-17-15(3,4)5/h7-9,11,17H,10H2,1-6H3. The molecule has 1 N–H and O–H groups in total. The SMILES string of the molecule is CC(C)N(C)c1ccc(CNC(C)(C)C)cc1Br. The van der Waals surface area contributed by atoms with Crippen LogP contribution in [0.2, 0.25) is 0 Å². The van der Waals surface area contributed by atoms with Crippen LogP contribution in [0.25, 0.3) is 0 Å². The van der Waals surface area contributed by atoms with Gasteiger partial charge in [0, 0.05) is 29.6 Å². The third kappa shape index (κ3) is 4.62. The van der Waals surface area contributed by atoms with E-state index < -0.39 is 0 Å². The molecule has 102 valence electrons. The Kier molecular flexibility index (Phi) is 5.23. The number of hydrogen-bond acceptors (Lipinski definition) is 2. The van der Waals surface area contributed by atoms with Crippen molar-refractivity contribution in [3.63, 3.8) is 0 Å². The quantitative estimate of drug-likeness (QED) is 0.897. The van der Waals surface area contributed by atoms with E-state index in [2.05, 4.69) is 86.0 Å². The first-order valence-electron chi connectivity index (χ1n) is 6.47. The van der Waals surface area contributed by atoms with Crippen LogP contribution in [-0.2, 0) is 6.54 Å². The lowest BCUT2D eigenvalue weighted by atomic mass is 10.1. The maximum Gasteiger partial charge on any atom is 0.0510 e. The molecule has 0 aliphatic heterocycles. The molecule has 2 nitrogen and oxygen atoms in total. The minimum atomic E-state index is 0.153. The van der Waals surface area contributed by atoms with Crippen LogP contribution < -0.4 is 10.2 Å². The first-order valence-corrected chi connectivity index (χ1v) is 7.26. The van der Waals surface area contributed by atoms with E-state index in [0.29, 0.717) is 6.04 Å². The summed E-state index contributed by atoms with van der Waals surface area (Å²) in [5, 5.41) is 3.50. The molecule has 3 heteroatoms. The van der Waals surface area contributed by atoms with Gasteiger partial charge in [0.05, 0.1) is 5.69 Å². The molecule has 0 bridgehead atoms. The highest BCUT2D eigenvalue weighted by atomic mass is 79.9. The number of hydrogen-bond donors (Lipinski definition) is 1. The zero-order chi connectivity index (χ0) is 13.9. The summed E-state index contributed by atoms with van der Waals surface area (Å²) in [5.74, 6) is 0. The van der Waals surface area contributed by atoms with Crippen molar-refractivity contribution in [1.29, 1.82) is 0 Å². The van der Waals surface area contributed by atoms with Gasteiger partial charge in [-0.05, 0) is 68.2 Å². The molecule has 18 heavy (non-hydrogen) atoms. The second kappa shape index (κ2) is 6.07. The van der Waals surface area contributed by atoms with Crippen LogP contribution in [0.4, 0.5) is 5.69 Å². The predicted molar refractivity (Wildman–Crippen MR) is 84.3 cm³/mol. The Balaban J connectivity index is 2.80. The maximum atomic E-state index is 3.67. The van der Waals surface area contributed by atoms with E-state index in [9.17, 15) is 0 Å². The summed E-state index contributed by atoms with van der Waals surface area (Å²) in [6.45, 7) is 11.8. The summed E-state index contributed by atoms with van der Waals surface area (Å²) in [5.41, 5.74) is 2.70. The highest BCUT2D eigenvalue weighted by molar-refractivity contribution is 9.10. The molecule has 0 atom stereocenters. The number of nitrogens with one attached hydrogen (secondary N) is 1. The number of nitrogens with zero attached hydrogens (tertiary/aromatic N) is 1. The summed E-state index contributed by atoms with van der Waals surface area (Å²) in [6.07, 6.45) is 0. The molecule has 0 fully saturated rings. The molecule has 0 spiro atoms. The zero-order valence-corrected chi connectivity index (χ0v) is 13.9. The van der Waals surface area contributed by atoms with Gasteiger partial charge in [-0.1, -0.05) is 6.07 Å². The largest absolute Gasteiger partial charge is 0.371 e. The van der Waals surface area contributed by atoms with Gasteiger partial charge in [-0.25, -0.2) is 0 Å². The van der Waals surface area contributed by atoms with Gasteiger partial charge < -0.3 is 10.2 Å². The minimum Gasteiger partial charge on any atom is -0.371 e. The fourth-order valence-electron chi connectivity index (χ4n) is 1.59. The van der Waals surface area contributed by atoms with Gasteiger partial charge in [0.25, 0.3) is 0 Å². The fourth-order valence-corrected chi connectivity index (χ4v) is 2.30. The third-order valence-corrected chi connectivity index (χ3v) is 3.62. The van der Waals surface area contributed by atoms with Crippen molar-refractivity contribution in [3.8, 4) is 0 Å². The van der Waals surface area contributed by atoms with Gasteiger partial charge in [-0.3, -0.25) is 0 Å². The average molecular weight is 313 g/mol. The summed E-state index contributed by atoms with van der Waals surface area (Å²) < 4.78 is 1.16. The van der Waals surface area contributed by atoms with Gasteiger partial charge in [0.2, 0.25) is 0 Å². The number of halogens is 1. The smallest absolute Gasteiger partial charge is 0.0510 e. The molecule has 1 rings (SSSR count). The Labute approximate surface area is 120 Å². The Bertz CT molecular complexity index is 394. The summed E-state index contributed by atoms with van der Waals surface area (Å²) in [7, 11) is 2.12. The van der Waals surface area contributed by atoms with Gasteiger partial charge in [0.1, 0.15) is 0 Å². The molecule has 0 aliphatic rings. The average Bonchev–Trinajstić information content (AvgIpc) is 2.24. The van der Waals surface area contributed by atoms with Crippen molar-refractivity contribution in [1.82, 2.24) is 5.32 Å². The van der Waals surface area contributed by atoms with Gasteiger partial charge in [-0.2, -0.15) is 0 Å². The van der Waals surface area contributed by atoms with Crippen molar-refractivity contribution in [2.75, 3.05) is 11.9 Å². The van der Waals surface area contributed by atoms with E-state index in [1.165, 1.54) is 11.3 Å². The molecule has 0 saturated heterocycles. The van der Waals surface area contributed by atoms with Crippen LogP contribution in [0.5, 0.6) is 0 Å². The van der Waals surface area contributed by atoms with Crippen LogP contribution in [0.15, 0.2) is 22.7 Å². The molecule has 0 unspecified atom stereocenters. The third-order valence-electron chi connectivity index (χ3n) is 2.99. The lowest BCUT2D eigenvalue weighted by Gasteiger charge is -2.26. The molecule has 0 saturated carbocycles. The molecule has 0 radical (unpaired) electrons. The first-order chi connectivity index (χ1) is 8.20. The topological polar surface area (TPSA) is 15.3 Å². The van der Waals surface area contributed by atoms with Gasteiger partial charge in [0.15, 0.2) is 0 Å². The van der Waals surface area contributed by atoms with Crippen LogP contribution >= 0.6 is 15.9 Å². The molecule has 1 aromatic carbocycles. The molecule has 0 aliphatic carbocycles. The highest BCUT2D eigenvalue weighted by Gasteiger charge is 2.11. The lowest BCUT2D eigenvalue weighted by Crippen LogP contribution is -2.35. The minimum absolute atomic E-state index is 0.153. The second-order valence-electron chi connectivity index (χ2n) is 6.09. The van der Waals surface area contributed by atoms with E-state index in [4.69, 9.17) is 0 Å². The predicted octanol–water partition coefficient (Wildman–Crippen LogP) is 4.18. The lowest BCUT2D eigenvalue weighted by molar-refractivity contribution is 0.424. The van der Waals surface area contributed by atoms with E-state index in [-0.39, 0.29) is 5.54 Å². The van der Waals surface area contributed by atoms with Crippen LogP contribution in [0.1, 0.15) is 40.2 Å². The summed E-state index contributed by atoms with van der Waals surface area (Å²) in [4.78, 5) is 2.27. The molecular formula is C15H25BrN2. The van der Waals surface area contributed by atoms with Crippen molar-refractivity contribution in [2.24, 2.45) is 0 Å². The number of benzene rings is 1. The number of anilines is 1. The molecule has 0 aromatic heterocycles. The van der Waals surface area contributed by atoms with Gasteiger partial charge in [-0.15, -0.1) is 0 Å². The van der Waals surface area contributed by atoms with E-state index in [0.717, 1.165) is 11.0 Å². The Morgan fingerprint density at radius 3 is 2.33 bits per heavy atom.